The second kappa shape index (κ2) is 7.59. The van der Waals surface area contributed by atoms with Crippen molar-refractivity contribution >= 4 is 11.7 Å². The Morgan fingerprint density at radius 1 is 1.23 bits per heavy atom. The molecule has 1 aliphatic rings. The average molecular weight is 305 g/mol. The summed E-state index contributed by atoms with van der Waals surface area (Å²) in [6, 6.07) is 8.01. The molecule has 1 heterocycles. The molecule has 0 unspecified atom stereocenters. The molecule has 2 rings (SSSR count). The molecule has 1 aromatic carbocycles. The minimum absolute atomic E-state index is 0.355. The van der Waals surface area contributed by atoms with Gasteiger partial charge in [-0.05, 0) is 31.2 Å². The number of hydrogen-bond acceptors (Lipinski definition) is 6. The summed E-state index contributed by atoms with van der Waals surface area (Å²) in [6.45, 7) is 5.37. The molecule has 1 aliphatic heterocycles. The largest absolute Gasteiger partial charge is 0.497 e. The number of methoxy groups -OCH3 is 1. The van der Waals surface area contributed by atoms with Gasteiger partial charge in [-0.25, -0.2) is 4.79 Å². The van der Waals surface area contributed by atoms with E-state index in [1.807, 2.05) is 29.2 Å². The predicted molar refractivity (Wildman–Crippen MR) is 85.7 cm³/mol. The molecule has 1 saturated heterocycles. The Hall–Kier alpha value is -2.37. The van der Waals surface area contributed by atoms with Gasteiger partial charge in [0.2, 0.25) is 0 Å². The van der Waals surface area contributed by atoms with Crippen molar-refractivity contribution in [1.82, 2.24) is 4.90 Å². The topological polar surface area (TPSA) is 68.0 Å². The van der Waals surface area contributed by atoms with Crippen molar-refractivity contribution in [2.24, 2.45) is 5.73 Å². The lowest BCUT2D eigenvalue weighted by molar-refractivity contribution is -0.137. The van der Waals surface area contributed by atoms with Crippen LogP contribution in [0, 0.1) is 0 Å². The number of hydrogen-bond donors (Lipinski definition) is 1. The van der Waals surface area contributed by atoms with Crippen LogP contribution in [0.3, 0.4) is 0 Å². The van der Waals surface area contributed by atoms with Crippen molar-refractivity contribution in [3.05, 3.63) is 36.2 Å². The van der Waals surface area contributed by atoms with E-state index in [-0.39, 0.29) is 0 Å². The second-order valence-corrected chi connectivity index (χ2v) is 4.99. The van der Waals surface area contributed by atoms with Gasteiger partial charge < -0.3 is 25.0 Å². The number of carbonyl (C=O) groups excluding carboxylic acids is 1. The van der Waals surface area contributed by atoms with Crippen LogP contribution in [0.15, 0.2) is 36.2 Å². The van der Waals surface area contributed by atoms with E-state index in [1.165, 1.54) is 6.08 Å². The molecule has 120 valence electrons. The number of nitrogens with two attached hydrogens (primary N) is 1. The number of benzene rings is 1. The summed E-state index contributed by atoms with van der Waals surface area (Å²) in [7, 11) is 1.66. The number of ether oxygens (including phenoxy) is 2. The summed E-state index contributed by atoms with van der Waals surface area (Å²) in [5, 5.41) is 0. The molecule has 0 aliphatic carbocycles. The number of esters is 1. The highest BCUT2D eigenvalue weighted by atomic mass is 16.5. The van der Waals surface area contributed by atoms with Gasteiger partial charge in [-0.2, -0.15) is 0 Å². The minimum Gasteiger partial charge on any atom is -0.497 e. The lowest BCUT2D eigenvalue weighted by atomic mass is 10.2. The Labute approximate surface area is 131 Å². The van der Waals surface area contributed by atoms with Crippen LogP contribution in [-0.4, -0.2) is 50.8 Å². The van der Waals surface area contributed by atoms with Crippen LogP contribution in [-0.2, 0) is 9.53 Å². The van der Waals surface area contributed by atoms with E-state index in [1.54, 1.807) is 14.0 Å². The van der Waals surface area contributed by atoms with Crippen molar-refractivity contribution in [2.45, 2.75) is 6.92 Å². The maximum atomic E-state index is 11.4. The smallest absolute Gasteiger partial charge is 0.334 e. The van der Waals surface area contributed by atoms with Crippen molar-refractivity contribution in [1.29, 1.82) is 0 Å². The molecular weight excluding hydrogens is 282 g/mol. The molecule has 0 saturated carbocycles. The van der Waals surface area contributed by atoms with Crippen LogP contribution in [0.4, 0.5) is 5.69 Å². The normalized spacial score (nSPS) is 15.6. The zero-order valence-electron chi connectivity index (χ0n) is 13.1. The highest BCUT2D eigenvalue weighted by molar-refractivity contribution is 5.82. The summed E-state index contributed by atoms with van der Waals surface area (Å²) >= 11 is 0. The lowest BCUT2D eigenvalue weighted by Crippen LogP contribution is -2.47. The first kappa shape index (κ1) is 16.0. The molecule has 0 atom stereocenters. The fourth-order valence-corrected chi connectivity index (χ4v) is 2.41. The highest BCUT2D eigenvalue weighted by Crippen LogP contribution is 2.20. The number of piperazine rings is 1. The van der Waals surface area contributed by atoms with E-state index in [4.69, 9.17) is 15.2 Å². The predicted octanol–water partition coefficient (Wildman–Crippen LogP) is 1.18. The van der Waals surface area contributed by atoms with E-state index in [0.717, 1.165) is 37.6 Å². The van der Waals surface area contributed by atoms with Gasteiger partial charge in [0.25, 0.3) is 0 Å². The molecule has 0 radical (unpaired) electrons. The zero-order valence-corrected chi connectivity index (χ0v) is 13.1. The fraction of sp³-hybridized carbons (Fsp3) is 0.438. The Morgan fingerprint density at radius 2 is 1.86 bits per heavy atom. The van der Waals surface area contributed by atoms with Crippen molar-refractivity contribution < 1.29 is 14.3 Å². The van der Waals surface area contributed by atoms with Crippen LogP contribution in [0.2, 0.25) is 0 Å². The number of anilines is 1. The Bertz CT molecular complexity index is 520. The molecule has 0 aromatic heterocycles. The summed E-state index contributed by atoms with van der Waals surface area (Å²) in [5.41, 5.74) is 7.11. The highest BCUT2D eigenvalue weighted by Gasteiger charge is 2.18. The van der Waals surface area contributed by atoms with Crippen molar-refractivity contribution in [2.75, 3.05) is 44.8 Å². The number of rotatable bonds is 5. The Balaban J connectivity index is 1.90. The molecule has 0 spiro atoms. The van der Waals surface area contributed by atoms with Crippen LogP contribution in [0.25, 0.3) is 0 Å². The first-order valence-electron chi connectivity index (χ1n) is 7.42. The molecule has 1 fully saturated rings. The van der Waals surface area contributed by atoms with E-state index < -0.39 is 5.97 Å². The van der Waals surface area contributed by atoms with Gasteiger partial charge in [-0.15, -0.1) is 0 Å². The standard InChI is InChI=1S/C16H23N3O3/c1-3-22-16(20)12-15(17)19-10-8-18(9-11-19)13-4-6-14(21-2)7-5-13/h4-7,12H,3,8-11,17H2,1-2H3/b15-12+. The van der Waals surface area contributed by atoms with Crippen molar-refractivity contribution in [3.8, 4) is 5.75 Å². The van der Waals surface area contributed by atoms with Gasteiger partial charge in [0.15, 0.2) is 0 Å². The van der Waals surface area contributed by atoms with E-state index in [0.29, 0.717) is 12.4 Å². The average Bonchev–Trinajstić information content (AvgIpc) is 2.55. The maximum Gasteiger partial charge on any atom is 0.334 e. The summed E-state index contributed by atoms with van der Waals surface area (Å²) in [5.74, 6) is 0.925. The number of carbonyl (C=O) groups is 1. The van der Waals surface area contributed by atoms with Gasteiger partial charge in [-0.1, -0.05) is 0 Å². The third-order valence-electron chi connectivity index (χ3n) is 3.63. The van der Waals surface area contributed by atoms with Crippen molar-refractivity contribution in [3.63, 3.8) is 0 Å². The van der Waals surface area contributed by atoms with Gasteiger partial charge in [0.05, 0.1) is 19.8 Å². The first-order chi connectivity index (χ1) is 10.6. The van der Waals surface area contributed by atoms with E-state index >= 15 is 0 Å². The molecule has 0 amide bonds. The molecular formula is C16H23N3O3. The van der Waals surface area contributed by atoms with Crippen LogP contribution in [0.1, 0.15) is 6.92 Å². The Morgan fingerprint density at radius 3 is 2.41 bits per heavy atom. The van der Waals surface area contributed by atoms with Gasteiger partial charge in [0.1, 0.15) is 11.6 Å². The van der Waals surface area contributed by atoms with Crippen LogP contribution in [0.5, 0.6) is 5.75 Å². The SMILES string of the molecule is CCOC(=O)/C=C(\N)N1CCN(c2ccc(OC)cc2)CC1. The molecule has 6 nitrogen and oxygen atoms in total. The molecule has 0 bridgehead atoms. The monoisotopic (exact) mass is 305 g/mol. The quantitative estimate of drug-likeness (QED) is 0.651. The molecule has 6 heteroatoms. The number of nitrogens with zero attached hydrogens (tertiary/aromatic N) is 2. The van der Waals surface area contributed by atoms with E-state index in [9.17, 15) is 4.79 Å². The van der Waals surface area contributed by atoms with E-state index in [2.05, 4.69) is 4.90 Å². The summed E-state index contributed by atoms with van der Waals surface area (Å²) < 4.78 is 10.0. The summed E-state index contributed by atoms with van der Waals surface area (Å²) in [4.78, 5) is 15.7. The Kier molecular flexibility index (Phi) is 5.52. The van der Waals surface area contributed by atoms with Gasteiger partial charge in [-0.3, -0.25) is 0 Å². The minimum atomic E-state index is -0.391. The fourth-order valence-electron chi connectivity index (χ4n) is 2.41. The molecule has 2 N–H and O–H groups in total. The summed E-state index contributed by atoms with van der Waals surface area (Å²) in [6.07, 6.45) is 1.35. The lowest BCUT2D eigenvalue weighted by Gasteiger charge is -2.37. The first-order valence-corrected chi connectivity index (χ1v) is 7.42. The van der Waals surface area contributed by atoms with Crippen LogP contribution >= 0.6 is 0 Å². The third-order valence-corrected chi connectivity index (χ3v) is 3.63. The zero-order chi connectivity index (χ0) is 15.9. The third kappa shape index (κ3) is 4.07. The van der Waals surface area contributed by atoms with Gasteiger partial charge in [0, 0.05) is 31.9 Å². The molecule has 22 heavy (non-hydrogen) atoms. The van der Waals surface area contributed by atoms with Crippen LogP contribution < -0.4 is 15.4 Å². The second-order valence-electron chi connectivity index (χ2n) is 4.99. The maximum absolute atomic E-state index is 11.4. The molecule has 1 aromatic rings. The van der Waals surface area contributed by atoms with Gasteiger partial charge >= 0.3 is 5.97 Å².